The molecule has 0 aliphatic carbocycles. The van der Waals surface area contributed by atoms with Crippen LogP contribution in [-0.2, 0) is 10.2 Å². The summed E-state index contributed by atoms with van der Waals surface area (Å²) in [7, 11) is 3.39. The maximum absolute atomic E-state index is 5.53. The number of rotatable bonds is 4. The monoisotopic (exact) mass is 249 g/mol. The van der Waals surface area contributed by atoms with E-state index in [0.717, 1.165) is 37.8 Å². The van der Waals surface area contributed by atoms with Gasteiger partial charge in [-0.3, -0.25) is 0 Å². The zero-order valence-corrected chi connectivity index (χ0v) is 10.9. The largest absolute Gasteiger partial charge is 0.497 e. The third-order valence-corrected chi connectivity index (χ3v) is 4.23. The standard InChI is InChI=1S/C14H19NO3/c1-16-11-3-4-12(13(5-11)17-2)14(8-18-9-14)10-6-15-7-10/h3-5,10,15H,6-9H2,1-2H3. The molecule has 98 valence electrons. The smallest absolute Gasteiger partial charge is 0.126 e. The number of methoxy groups -OCH3 is 2. The van der Waals surface area contributed by atoms with Gasteiger partial charge in [0.2, 0.25) is 0 Å². The quantitative estimate of drug-likeness (QED) is 0.870. The third-order valence-electron chi connectivity index (χ3n) is 4.23. The van der Waals surface area contributed by atoms with Crippen LogP contribution < -0.4 is 14.8 Å². The van der Waals surface area contributed by atoms with Gasteiger partial charge in [-0.1, -0.05) is 6.07 Å². The molecule has 1 aromatic rings. The molecule has 0 atom stereocenters. The number of benzene rings is 1. The first-order valence-corrected chi connectivity index (χ1v) is 6.31. The minimum Gasteiger partial charge on any atom is -0.497 e. The normalized spacial score (nSPS) is 21.9. The van der Waals surface area contributed by atoms with Gasteiger partial charge in [0.15, 0.2) is 0 Å². The lowest BCUT2D eigenvalue weighted by atomic mass is 9.66. The highest BCUT2D eigenvalue weighted by molar-refractivity contribution is 5.47. The van der Waals surface area contributed by atoms with E-state index < -0.39 is 0 Å². The first-order valence-electron chi connectivity index (χ1n) is 6.31. The Morgan fingerprint density at radius 3 is 2.44 bits per heavy atom. The summed E-state index contributed by atoms with van der Waals surface area (Å²) in [6.07, 6.45) is 0. The minimum absolute atomic E-state index is 0.128. The predicted octanol–water partition coefficient (Wildman–Crippen LogP) is 1.19. The van der Waals surface area contributed by atoms with Gasteiger partial charge in [-0.15, -0.1) is 0 Å². The lowest BCUT2D eigenvalue weighted by Gasteiger charge is -2.51. The Morgan fingerprint density at radius 2 is 2.00 bits per heavy atom. The van der Waals surface area contributed by atoms with Crippen molar-refractivity contribution in [2.45, 2.75) is 5.41 Å². The van der Waals surface area contributed by atoms with Crippen molar-refractivity contribution in [1.29, 1.82) is 0 Å². The lowest BCUT2D eigenvalue weighted by Crippen LogP contribution is -2.62. The molecule has 0 unspecified atom stereocenters. The molecule has 4 nitrogen and oxygen atoms in total. The van der Waals surface area contributed by atoms with Crippen molar-refractivity contribution >= 4 is 0 Å². The van der Waals surface area contributed by atoms with Gasteiger partial charge in [-0.05, 0) is 12.0 Å². The average molecular weight is 249 g/mol. The maximum atomic E-state index is 5.53. The molecular weight excluding hydrogens is 230 g/mol. The average Bonchev–Trinajstić information content (AvgIpc) is 2.30. The van der Waals surface area contributed by atoms with Gasteiger partial charge in [0.05, 0.1) is 32.8 Å². The number of hydrogen-bond donors (Lipinski definition) is 1. The van der Waals surface area contributed by atoms with Gasteiger partial charge in [0.1, 0.15) is 11.5 Å². The van der Waals surface area contributed by atoms with Crippen LogP contribution in [0.15, 0.2) is 18.2 Å². The van der Waals surface area contributed by atoms with E-state index in [1.54, 1.807) is 14.2 Å². The van der Waals surface area contributed by atoms with Crippen molar-refractivity contribution in [3.8, 4) is 11.5 Å². The second-order valence-electron chi connectivity index (χ2n) is 5.07. The van der Waals surface area contributed by atoms with Gasteiger partial charge in [0.25, 0.3) is 0 Å². The Bertz CT molecular complexity index is 439. The summed E-state index contributed by atoms with van der Waals surface area (Å²) in [5.41, 5.74) is 1.38. The molecule has 1 aromatic carbocycles. The highest BCUT2D eigenvalue weighted by Gasteiger charge is 2.50. The van der Waals surface area contributed by atoms with E-state index in [2.05, 4.69) is 11.4 Å². The highest BCUT2D eigenvalue weighted by Crippen LogP contribution is 2.45. The number of ether oxygens (including phenoxy) is 3. The molecule has 4 heteroatoms. The fourth-order valence-corrected chi connectivity index (χ4v) is 2.82. The molecule has 0 saturated carbocycles. The molecule has 2 saturated heterocycles. The van der Waals surface area contributed by atoms with Gasteiger partial charge in [-0.25, -0.2) is 0 Å². The first kappa shape index (κ1) is 11.8. The Kier molecular flexibility index (Phi) is 2.92. The van der Waals surface area contributed by atoms with Gasteiger partial charge in [0, 0.05) is 24.7 Å². The molecule has 0 amide bonds. The molecule has 2 heterocycles. The van der Waals surface area contributed by atoms with Crippen LogP contribution in [0.4, 0.5) is 0 Å². The Balaban J connectivity index is 1.98. The van der Waals surface area contributed by atoms with Crippen LogP contribution in [0, 0.1) is 5.92 Å². The van der Waals surface area contributed by atoms with Gasteiger partial charge >= 0.3 is 0 Å². The Hall–Kier alpha value is -1.26. The number of nitrogens with one attached hydrogen (secondary N) is 1. The van der Waals surface area contributed by atoms with E-state index in [-0.39, 0.29) is 5.41 Å². The van der Waals surface area contributed by atoms with Crippen molar-refractivity contribution in [3.05, 3.63) is 23.8 Å². The summed E-state index contributed by atoms with van der Waals surface area (Å²) in [4.78, 5) is 0. The molecule has 2 aliphatic heterocycles. The van der Waals surface area contributed by atoms with Crippen LogP contribution in [0.5, 0.6) is 11.5 Å². The molecule has 0 aromatic heterocycles. The molecule has 3 rings (SSSR count). The fraction of sp³-hybridized carbons (Fsp3) is 0.571. The SMILES string of the molecule is COc1ccc(C2(C3CNC3)COC2)c(OC)c1. The van der Waals surface area contributed by atoms with Gasteiger partial charge < -0.3 is 19.5 Å². The second kappa shape index (κ2) is 4.44. The van der Waals surface area contributed by atoms with E-state index in [1.165, 1.54) is 5.56 Å². The Morgan fingerprint density at radius 1 is 1.22 bits per heavy atom. The first-order chi connectivity index (χ1) is 8.80. The summed E-state index contributed by atoms with van der Waals surface area (Å²) < 4.78 is 16.3. The minimum atomic E-state index is 0.128. The van der Waals surface area contributed by atoms with E-state index in [1.807, 2.05) is 12.1 Å². The van der Waals surface area contributed by atoms with Crippen molar-refractivity contribution in [2.24, 2.45) is 5.92 Å². The second-order valence-corrected chi connectivity index (χ2v) is 5.07. The molecule has 0 bridgehead atoms. The Labute approximate surface area is 107 Å². The van der Waals surface area contributed by atoms with Crippen LogP contribution in [0.3, 0.4) is 0 Å². The third kappa shape index (κ3) is 1.60. The van der Waals surface area contributed by atoms with Gasteiger partial charge in [-0.2, -0.15) is 0 Å². The summed E-state index contributed by atoms with van der Waals surface area (Å²) in [6, 6.07) is 6.09. The van der Waals surface area contributed by atoms with Crippen LogP contribution in [-0.4, -0.2) is 40.5 Å². The van der Waals surface area contributed by atoms with Crippen molar-refractivity contribution in [1.82, 2.24) is 5.32 Å². The molecular formula is C14H19NO3. The van der Waals surface area contributed by atoms with Crippen LogP contribution in [0.1, 0.15) is 5.56 Å². The maximum Gasteiger partial charge on any atom is 0.126 e. The van der Waals surface area contributed by atoms with Crippen molar-refractivity contribution < 1.29 is 14.2 Å². The molecule has 0 radical (unpaired) electrons. The van der Waals surface area contributed by atoms with E-state index >= 15 is 0 Å². The zero-order chi connectivity index (χ0) is 12.6. The summed E-state index contributed by atoms with van der Waals surface area (Å²) in [6.45, 7) is 3.72. The van der Waals surface area contributed by atoms with Crippen molar-refractivity contribution in [3.63, 3.8) is 0 Å². The molecule has 2 aliphatic rings. The highest BCUT2D eigenvalue weighted by atomic mass is 16.5. The van der Waals surface area contributed by atoms with Crippen LogP contribution in [0.2, 0.25) is 0 Å². The molecule has 1 N–H and O–H groups in total. The summed E-state index contributed by atoms with van der Waals surface area (Å²) in [5.74, 6) is 2.39. The molecule has 18 heavy (non-hydrogen) atoms. The topological polar surface area (TPSA) is 39.7 Å². The number of hydrogen-bond acceptors (Lipinski definition) is 4. The van der Waals surface area contributed by atoms with Crippen molar-refractivity contribution in [2.75, 3.05) is 40.5 Å². The van der Waals surface area contributed by atoms with Crippen LogP contribution >= 0.6 is 0 Å². The summed E-state index contributed by atoms with van der Waals surface area (Å²) in [5, 5.41) is 3.34. The van der Waals surface area contributed by atoms with Crippen LogP contribution in [0.25, 0.3) is 0 Å². The zero-order valence-electron chi connectivity index (χ0n) is 10.9. The molecule has 2 fully saturated rings. The molecule has 0 spiro atoms. The van der Waals surface area contributed by atoms with E-state index in [0.29, 0.717) is 5.92 Å². The predicted molar refractivity (Wildman–Crippen MR) is 68.4 cm³/mol. The fourth-order valence-electron chi connectivity index (χ4n) is 2.82. The summed E-state index contributed by atoms with van der Waals surface area (Å²) >= 11 is 0. The lowest BCUT2D eigenvalue weighted by molar-refractivity contribution is -0.102. The van der Waals surface area contributed by atoms with E-state index in [9.17, 15) is 0 Å². The van der Waals surface area contributed by atoms with E-state index in [4.69, 9.17) is 14.2 Å².